The molecule has 1 aliphatic heterocycles. The van der Waals surface area contributed by atoms with Crippen molar-refractivity contribution in [3.63, 3.8) is 0 Å². The lowest BCUT2D eigenvalue weighted by molar-refractivity contribution is 0.104. The highest BCUT2D eigenvalue weighted by atomic mass is 16.5. The van der Waals surface area contributed by atoms with Crippen LogP contribution in [0.25, 0.3) is 0 Å². The van der Waals surface area contributed by atoms with Crippen LogP contribution < -0.4 is 5.32 Å². The van der Waals surface area contributed by atoms with Crippen molar-refractivity contribution in [2.75, 3.05) is 26.3 Å². The predicted octanol–water partition coefficient (Wildman–Crippen LogP) is 0.137. The minimum Gasteiger partial charge on any atom is -0.395 e. The summed E-state index contributed by atoms with van der Waals surface area (Å²) in [5, 5.41) is 11.6. The number of aliphatic hydroxyl groups is 1. The number of hydrogen-bond acceptors (Lipinski definition) is 3. The van der Waals surface area contributed by atoms with E-state index >= 15 is 0 Å². The van der Waals surface area contributed by atoms with Gasteiger partial charge in [-0.15, -0.1) is 0 Å². The fourth-order valence-electron chi connectivity index (χ4n) is 1.34. The molecule has 3 nitrogen and oxygen atoms in total. The quantitative estimate of drug-likeness (QED) is 0.561. The van der Waals surface area contributed by atoms with Crippen molar-refractivity contribution in [3.05, 3.63) is 0 Å². The zero-order chi connectivity index (χ0) is 7.94. The number of aliphatic hydroxyl groups excluding tert-OH is 1. The molecule has 1 aliphatic rings. The molecule has 1 atom stereocenters. The maximum Gasteiger partial charge on any atom is 0.0588 e. The van der Waals surface area contributed by atoms with E-state index in [1.165, 1.54) is 12.8 Å². The molecule has 0 radical (unpaired) electrons. The van der Waals surface area contributed by atoms with E-state index < -0.39 is 0 Å². The Balaban J connectivity index is 1.86. The molecular weight excluding hydrogens is 142 g/mol. The summed E-state index contributed by atoms with van der Waals surface area (Å²) in [6.07, 6.45) is 3.98. The highest BCUT2D eigenvalue weighted by Gasteiger charge is 2.13. The predicted molar refractivity (Wildman–Crippen MR) is 43.5 cm³/mol. The van der Waals surface area contributed by atoms with Crippen molar-refractivity contribution >= 4 is 0 Å². The van der Waals surface area contributed by atoms with E-state index in [0.717, 1.165) is 19.6 Å². The highest BCUT2D eigenvalue weighted by Crippen LogP contribution is 2.14. The van der Waals surface area contributed by atoms with E-state index in [-0.39, 0.29) is 6.61 Å². The summed E-state index contributed by atoms with van der Waals surface area (Å²) < 4.78 is 5.43. The second-order valence-corrected chi connectivity index (χ2v) is 2.90. The van der Waals surface area contributed by atoms with Gasteiger partial charge in [0.05, 0.1) is 12.7 Å². The van der Waals surface area contributed by atoms with Crippen molar-refractivity contribution in [2.24, 2.45) is 0 Å². The summed E-state index contributed by atoms with van der Waals surface area (Å²) in [4.78, 5) is 0. The standard InChI is InChI=1S/C8H17NO2/c10-6-5-9-4-3-8-2-1-7-11-8/h8-10H,1-7H2. The first-order valence-corrected chi connectivity index (χ1v) is 4.36. The van der Waals surface area contributed by atoms with E-state index in [0.29, 0.717) is 12.6 Å². The van der Waals surface area contributed by atoms with Crippen molar-refractivity contribution in [1.82, 2.24) is 5.32 Å². The molecule has 1 heterocycles. The molecule has 0 saturated carbocycles. The number of hydrogen-bond donors (Lipinski definition) is 2. The van der Waals surface area contributed by atoms with Crippen LogP contribution in [0.15, 0.2) is 0 Å². The van der Waals surface area contributed by atoms with Crippen LogP contribution in [0, 0.1) is 0 Å². The second-order valence-electron chi connectivity index (χ2n) is 2.90. The highest BCUT2D eigenvalue weighted by molar-refractivity contribution is 4.65. The topological polar surface area (TPSA) is 41.5 Å². The van der Waals surface area contributed by atoms with Crippen LogP contribution in [0.4, 0.5) is 0 Å². The first kappa shape index (κ1) is 8.97. The lowest BCUT2D eigenvalue weighted by Crippen LogP contribution is -2.22. The zero-order valence-corrected chi connectivity index (χ0v) is 6.88. The van der Waals surface area contributed by atoms with Gasteiger partial charge in [-0.1, -0.05) is 0 Å². The molecule has 2 N–H and O–H groups in total. The Morgan fingerprint density at radius 2 is 2.36 bits per heavy atom. The van der Waals surface area contributed by atoms with Gasteiger partial charge in [-0.25, -0.2) is 0 Å². The molecule has 0 bridgehead atoms. The zero-order valence-electron chi connectivity index (χ0n) is 6.88. The van der Waals surface area contributed by atoms with Gasteiger partial charge in [-0.05, 0) is 25.8 Å². The SMILES string of the molecule is OCCNCCC1CCCO1. The van der Waals surface area contributed by atoms with E-state index in [1.54, 1.807) is 0 Å². The van der Waals surface area contributed by atoms with Crippen molar-refractivity contribution in [3.8, 4) is 0 Å². The summed E-state index contributed by atoms with van der Waals surface area (Å²) in [6, 6.07) is 0. The Morgan fingerprint density at radius 1 is 1.45 bits per heavy atom. The summed E-state index contributed by atoms with van der Waals surface area (Å²) in [5.74, 6) is 0. The van der Waals surface area contributed by atoms with Gasteiger partial charge >= 0.3 is 0 Å². The molecule has 1 rings (SSSR count). The Bertz CT molecular complexity index is 92.1. The van der Waals surface area contributed by atoms with Crippen LogP contribution in [-0.2, 0) is 4.74 Å². The summed E-state index contributed by atoms with van der Waals surface area (Å²) in [5.41, 5.74) is 0. The fraction of sp³-hybridized carbons (Fsp3) is 1.00. The van der Waals surface area contributed by atoms with Gasteiger partial charge in [0.15, 0.2) is 0 Å². The number of nitrogens with one attached hydrogen (secondary N) is 1. The maximum absolute atomic E-state index is 8.46. The molecule has 1 saturated heterocycles. The van der Waals surface area contributed by atoms with Gasteiger partial charge in [0.25, 0.3) is 0 Å². The third-order valence-electron chi connectivity index (χ3n) is 1.96. The molecule has 0 amide bonds. The third-order valence-corrected chi connectivity index (χ3v) is 1.96. The number of ether oxygens (including phenoxy) is 1. The summed E-state index contributed by atoms with van der Waals surface area (Å²) in [6.45, 7) is 2.83. The largest absolute Gasteiger partial charge is 0.395 e. The molecule has 0 aromatic heterocycles. The molecule has 3 heteroatoms. The monoisotopic (exact) mass is 159 g/mol. The third kappa shape index (κ3) is 3.70. The van der Waals surface area contributed by atoms with Crippen LogP contribution in [0.3, 0.4) is 0 Å². The molecule has 0 aliphatic carbocycles. The van der Waals surface area contributed by atoms with E-state index in [1.807, 2.05) is 0 Å². The minimum absolute atomic E-state index is 0.228. The first-order valence-electron chi connectivity index (χ1n) is 4.36. The van der Waals surface area contributed by atoms with Gasteiger partial charge in [0.1, 0.15) is 0 Å². The molecule has 0 aromatic carbocycles. The maximum atomic E-state index is 8.46. The van der Waals surface area contributed by atoms with Gasteiger partial charge in [-0.3, -0.25) is 0 Å². The minimum atomic E-state index is 0.228. The van der Waals surface area contributed by atoms with Crippen LogP contribution >= 0.6 is 0 Å². The van der Waals surface area contributed by atoms with Crippen LogP contribution in [-0.4, -0.2) is 37.5 Å². The molecule has 66 valence electrons. The smallest absolute Gasteiger partial charge is 0.0588 e. The second kappa shape index (κ2) is 5.52. The molecule has 0 spiro atoms. The summed E-state index contributed by atoms with van der Waals surface area (Å²) in [7, 11) is 0. The molecule has 1 unspecified atom stereocenters. The van der Waals surface area contributed by atoms with Gasteiger partial charge in [-0.2, -0.15) is 0 Å². The Labute approximate surface area is 67.7 Å². The Morgan fingerprint density at radius 3 is 3.00 bits per heavy atom. The molecule has 11 heavy (non-hydrogen) atoms. The molecular formula is C8H17NO2. The molecule has 1 fully saturated rings. The number of rotatable bonds is 5. The van der Waals surface area contributed by atoms with Crippen LogP contribution in [0.5, 0.6) is 0 Å². The van der Waals surface area contributed by atoms with E-state index in [4.69, 9.17) is 9.84 Å². The van der Waals surface area contributed by atoms with E-state index in [9.17, 15) is 0 Å². The first-order chi connectivity index (χ1) is 5.43. The van der Waals surface area contributed by atoms with Gasteiger partial charge < -0.3 is 15.2 Å². The summed E-state index contributed by atoms with van der Waals surface area (Å²) >= 11 is 0. The van der Waals surface area contributed by atoms with Crippen molar-refractivity contribution in [1.29, 1.82) is 0 Å². The average molecular weight is 159 g/mol. The lowest BCUT2D eigenvalue weighted by Gasteiger charge is -2.08. The van der Waals surface area contributed by atoms with Crippen molar-refractivity contribution in [2.45, 2.75) is 25.4 Å². The Kier molecular flexibility index (Phi) is 4.50. The average Bonchev–Trinajstić information content (AvgIpc) is 2.50. The fourth-order valence-corrected chi connectivity index (χ4v) is 1.34. The normalized spacial score (nSPS) is 24.3. The van der Waals surface area contributed by atoms with Crippen LogP contribution in [0.2, 0.25) is 0 Å². The van der Waals surface area contributed by atoms with E-state index in [2.05, 4.69) is 5.32 Å². The lowest BCUT2D eigenvalue weighted by atomic mass is 10.2. The molecule has 0 aromatic rings. The van der Waals surface area contributed by atoms with Crippen molar-refractivity contribution < 1.29 is 9.84 Å². The van der Waals surface area contributed by atoms with Gasteiger partial charge in [0.2, 0.25) is 0 Å². The Hall–Kier alpha value is -0.120. The van der Waals surface area contributed by atoms with Crippen LogP contribution in [0.1, 0.15) is 19.3 Å². The van der Waals surface area contributed by atoms with Gasteiger partial charge in [0, 0.05) is 13.2 Å².